The zero-order valence-electron chi connectivity index (χ0n) is 11.8. The molecule has 0 aromatic heterocycles. The SMILES string of the molecule is Cc1ccc2c(c1)C(=O)C(=O)N2Cc1ccc(C#N)cc1F. The van der Waals surface area contributed by atoms with Crippen LogP contribution in [0, 0.1) is 24.1 Å². The summed E-state index contributed by atoms with van der Waals surface area (Å²) in [6.45, 7) is 1.79. The van der Waals surface area contributed by atoms with E-state index in [9.17, 15) is 14.0 Å². The number of anilines is 1. The molecule has 0 aliphatic carbocycles. The van der Waals surface area contributed by atoms with Gasteiger partial charge in [-0.25, -0.2) is 4.39 Å². The van der Waals surface area contributed by atoms with E-state index in [1.807, 2.05) is 13.0 Å². The number of aryl methyl sites for hydroxylation is 1. The predicted octanol–water partition coefficient (Wildman–Crippen LogP) is 2.74. The van der Waals surface area contributed by atoms with Gasteiger partial charge in [-0.05, 0) is 31.2 Å². The van der Waals surface area contributed by atoms with Crippen LogP contribution < -0.4 is 4.90 Å². The zero-order chi connectivity index (χ0) is 15.9. The third kappa shape index (κ3) is 2.15. The van der Waals surface area contributed by atoms with E-state index < -0.39 is 17.5 Å². The van der Waals surface area contributed by atoms with Crippen molar-refractivity contribution in [1.29, 1.82) is 5.26 Å². The Balaban J connectivity index is 1.99. The minimum Gasteiger partial charge on any atom is -0.300 e. The number of amides is 1. The van der Waals surface area contributed by atoms with E-state index in [0.29, 0.717) is 11.3 Å². The summed E-state index contributed by atoms with van der Waals surface area (Å²) in [7, 11) is 0. The smallest absolute Gasteiger partial charge is 0.299 e. The molecule has 0 spiro atoms. The first kappa shape index (κ1) is 14.0. The van der Waals surface area contributed by atoms with E-state index >= 15 is 0 Å². The normalized spacial score (nSPS) is 13.2. The van der Waals surface area contributed by atoms with Crippen molar-refractivity contribution in [2.45, 2.75) is 13.5 Å². The van der Waals surface area contributed by atoms with E-state index in [2.05, 4.69) is 0 Å². The molecule has 0 N–H and O–H groups in total. The molecule has 108 valence electrons. The summed E-state index contributed by atoms with van der Waals surface area (Å²) in [5.41, 5.74) is 2.18. The topological polar surface area (TPSA) is 61.2 Å². The standard InChI is InChI=1S/C17H11FN2O2/c1-10-2-5-15-13(6-10)16(21)17(22)20(15)9-12-4-3-11(8-19)7-14(12)18/h2-7H,9H2,1H3. The van der Waals surface area contributed by atoms with E-state index in [1.54, 1.807) is 18.2 Å². The fraction of sp³-hybridized carbons (Fsp3) is 0.118. The molecule has 1 amide bonds. The van der Waals surface area contributed by atoms with Crippen molar-refractivity contribution in [3.63, 3.8) is 0 Å². The summed E-state index contributed by atoms with van der Waals surface area (Å²) in [5, 5.41) is 8.74. The van der Waals surface area contributed by atoms with Gasteiger partial charge in [0.1, 0.15) is 5.82 Å². The first-order valence-electron chi connectivity index (χ1n) is 6.66. The van der Waals surface area contributed by atoms with Crippen LogP contribution in [-0.2, 0) is 11.3 Å². The maximum absolute atomic E-state index is 14.0. The van der Waals surface area contributed by atoms with Crippen molar-refractivity contribution < 1.29 is 14.0 Å². The maximum atomic E-state index is 14.0. The molecule has 0 fully saturated rings. The van der Waals surface area contributed by atoms with Crippen molar-refractivity contribution in [2.24, 2.45) is 0 Å². The summed E-state index contributed by atoms with van der Waals surface area (Å²) in [6.07, 6.45) is 0. The van der Waals surface area contributed by atoms with E-state index in [-0.39, 0.29) is 17.7 Å². The lowest BCUT2D eigenvalue weighted by Crippen LogP contribution is -2.29. The Morgan fingerprint density at radius 1 is 1.18 bits per heavy atom. The maximum Gasteiger partial charge on any atom is 0.299 e. The number of halogens is 1. The molecule has 5 heteroatoms. The molecule has 0 saturated heterocycles. The highest BCUT2D eigenvalue weighted by atomic mass is 19.1. The molecule has 0 atom stereocenters. The third-order valence-electron chi connectivity index (χ3n) is 3.64. The second kappa shape index (κ2) is 5.08. The number of Topliss-reactive ketones (excluding diaryl/α,β-unsaturated/α-hetero) is 1. The Morgan fingerprint density at radius 3 is 2.64 bits per heavy atom. The number of fused-ring (bicyclic) bond motifs is 1. The van der Waals surface area contributed by atoms with Crippen LogP contribution in [0.15, 0.2) is 36.4 Å². The van der Waals surface area contributed by atoms with Crippen LogP contribution in [0.1, 0.15) is 27.0 Å². The summed E-state index contributed by atoms with van der Waals surface area (Å²) in [4.78, 5) is 25.4. The molecular weight excluding hydrogens is 283 g/mol. The van der Waals surface area contributed by atoms with Crippen LogP contribution in [0.4, 0.5) is 10.1 Å². The highest BCUT2D eigenvalue weighted by Gasteiger charge is 2.36. The lowest BCUT2D eigenvalue weighted by Gasteiger charge is -2.17. The van der Waals surface area contributed by atoms with Gasteiger partial charge >= 0.3 is 0 Å². The zero-order valence-corrected chi connectivity index (χ0v) is 11.8. The Labute approximate surface area is 126 Å². The molecule has 0 saturated carbocycles. The van der Waals surface area contributed by atoms with Crippen LogP contribution in [0.5, 0.6) is 0 Å². The molecule has 4 nitrogen and oxygen atoms in total. The van der Waals surface area contributed by atoms with Crippen molar-refractivity contribution in [1.82, 2.24) is 0 Å². The largest absolute Gasteiger partial charge is 0.300 e. The number of rotatable bonds is 2. The lowest BCUT2D eigenvalue weighted by atomic mass is 10.1. The number of ketones is 1. The molecule has 0 radical (unpaired) electrons. The van der Waals surface area contributed by atoms with Gasteiger partial charge < -0.3 is 4.90 Å². The highest BCUT2D eigenvalue weighted by molar-refractivity contribution is 6.52. The average Bonchev–Trinajstić information content (AvgIpc) is 2.74. The van der Waals surface area contributed by atoms with E-state index in [4.69, 9.17) is 5.26 Å². The van der Waals surface area contributed by atoms with E-state index in [0.717, 1.165) is 11.6 Å². The Hall–Kier alpha value is -3.00. The Bertz CT molecular complexity index is 852. The van der Waals surface area contributed by atoms with Gasteiger partial charge in [-0.3, -0.25) is 9.59 Å². The molecule has 3 rings (SSSR count). The van der Waals surface area contributed by atoms with Crippen LogP contribution in [-0.4, -0.2) is 11.7 Å². The van der Waals surface area contributed by atoms with Gasteiger partial charge in [-0.2, -0.15) is 5.26 Å². The minimum atomic E-state index is -0.663. The number of hydrogen-bond acceptors (Lipinski definition) is 3. The predicted molar refractivity (Wildman–Crippen MR) is 77.8 cm³/mol. The van der Waals surface area contributed by atoms with Gasteiger partial charge in [-0.15, -0.1) is 0 Å². The van der Waals surface area contributed by atoms with Crippen LogP contribution in [0.2, 0.25) is 0 Å². The second-order valence-corrected chi connectivity index (χ2v) is 5.16. The molecule has 1 aliphatic heterocycles. The minimum absolute atomic E-state index is 0.0435. The molecule has 1 heterocycles. The molecule has 22 heavy (non-hydrogen) atoms. The summed E-state index contributed by atoms with van der Waals surface area (Å²) in [6, 6.07) is 11.1. The van der Waals surface area contributed by atoms with Crippen molar-refractivity contribution in [3.05, 3.63) is 64.5 Å². The molecule has 0 unspecified atom stereocenters. The van der Waals surface area contributed by atoms with Gasteiger partial charge in [0.05, 0.1) is 29.4 Å². The van der Waals surface area contributed by atoms with Gasteiger partial charge in [-0.1, -0.05) is 17.7 Å². The Morgan fingerprint density at radius 2 is 1.95 bits per heavy atom. The third-order valence-corrected chi connectivity index (χ3v) is 3.64. The fourth-order valence-electron chi connectivity index (χ4n) is 2.49. The quantitative estimate of drug-likeness (QED) is 0.800. The first-order chi connectivity index (χ1) is 10.5. The van der Waals surface area contributed by atoms with Gasteiger partial charge in [0.2, 0.25) is 0 Å². The number of nitriles is 1. The lowest BCUT2D eigenvalue weighted by molar-refractivity contribution is -0.114. The van der Waals surface area contributed by atoms with Crippen LogP contribution >= 0.6 is 0 Å². The molecule has 2 aromatic carbocycles. The van der Waals surface area contributed by atoms with Crippen molar-refractivity contribution in [2.75, 3.05) is 4.90 Å². The van der Waals surface area contributed by atoms with Gasteiger partial charge in [0, 0.05) is 5.56 Å². The average molecular weight is 294 g/mol. The number of nitrogens with zero attached hydrogens (tertiary/aromatic N) is 2. The first-order valence-corrected chi connectivity index (χ1v) is 6.66. The van der Waals surface area contributed by atoms with Crippen molar-refractivity contribution >= 4 is 17.4 Å². The molecule has 1 aliphatic rings. The molecule has 0 bridgehead atoms. The summed E-state index contributed by atoms with van der Waals surface area (Å²) < 4.78 is 14.0. The van der Waals surface area contributed by atoms with Gasteiger partial charge in [0.15, 0.2) is 0 Å². The van der Waals surface area contributed by atoms with Crippen LogP contribution in [0.25, 0.3) is 0 Å². The van der Waals surface area contributed by atoms with E-state index in [1.165, 1.54) is 17.0 Å². The highest BCUT2D eigenvalue weighted by Crippen LogP contribution is 2.31. The number of benzene rings is 2. The number of carbonyl (C=O) groups is 2. The monoisotopic (exact) mass is 294 g/mol. The van der Waals surface area contributed by atoms with Crippen LogP contribution in [0.3, 0.4) is 0 Å². The number of hydrogen-bond donors (Lipinski definition) is 0. The summed E-state index contributed by atoms with van der Waals surface area (Å²) in [5.74, 6) is -1.81. The second-order valence-electron chi connectivity index (χ2n) is 5.16. The number of carbonyl (C=O) groups excluding carboxylic acids is 2. The summed E-state index contributed by atoms with van der Waals surface area (Å²) >= 11 is 0. The molecule has 2 aromatic rings. The fourth-order valence-corrected chi connectivity index (χ4v) is 2.49. The molecular formula is C17H11FN2O2. The Kier molecular flexibility index (Phi) is 3.22. The van der Waals surface area contributed by atoms with Gasteiger partial charge in [0.25, 0.3) is 11.7 Å². The van der Waals surface area contributed by atoms with Crippen molar-refractivity contribution in [3.8, 4) is 6.07 Å².